The van der Waals surface area contributed by atoms with Gasteiger partial charge in [-0.1, -0.05) is 84.6 Å². The predicted octanol–water partition coefficient (Wildman–Crippen LogP) is 7.17. The van der Waals surface area contributed by atoms with Crippen LogP contribution in [0.2, 0.25) is 0 Å². The Morgan fingerprint density at radius 1 is 0.978 bits per heavy atom. The Morgan fingerprint density at radius 2 is 1.78 bits per heavy atom. The zero-order valence-corrected chi connectivity index (χ0v) is 26.5. The zero-order chi connectivity index (χ0) is 31.6. The van der Waals surface area contributed by atoms with Crippen LogP contribution >= 0.6 is 23.1 Å². The first-order valence-corrected chi connectivity index (χ1v) is 16.7. The van der Waals surface area contributed by atoms with Crippen molar-refractivity contribution in [2.75, 3.05) is 24.7 Å². The van der Waals surface area contributed by atoms with Gasteiger partial charge in [0.1, 0.15) is 24.7 Å². The molecule has 1 fully saturated rings. The largest absolute Gasteiger partial charge is 0.507 e. The standard InChI is InChI=1S/C35H29N3O6S2/c1-2-15-42-25-11-6-9-22(18-25)30-29(31(39)23-13-14-27-28(19-23)44-17-16-43-27)32(40)33(41)38(30)34-36-37-35(46-34)45-20-24-10-5-8-21-7-3-4-12-26(21)24/h3-14,18-19,30,39H,2,15-17,20H2,1H3/t30-/m0/s1. The summed E-state index contributed by atoms with van der Waals surface area (Å²) in [6.07, 6.45) is 0.816. The van der Waals surface area contributed by atoms with Gasteiger partial charge in [-0.05, 0) is 58.7 Å². The van der Waals surface area contributed by atoms with Crippen molar-refractivity contribution in [2.45, 2.75) is 29.5 Å². The summed E-state index contributed by atoms with van der Waals surface area (Å²) in [6.45, 7) is 3.31. The normalized spacial score (nSPS) is 17.1. The minimum absolute atomic E-state index is 0.0607. The molecule has 11 heteroatoms. The van der Waals surface area contributed by atoms with Crippen molar-refractivity contribution in [3.8, 4) is 17.2 Å². The number of aliphatic hydroxyl groups excluding tert-OH is 1. The lowest BCUT2D eigenvalue weighted by atomic mass is 9.95. The smallest absolute Gasteiger partial charge is 0.301 e. The van der Waals surface area contributed by atoms with E-state index in [1.54, 1.807) is 36.4 Å². The van der Waals surface area contributed by atoms with Crippen LogP contribution in [-0.2, 0) is 15.3 Å². The van der Waals surface area contributed by atoms with Crippen LogP contribution in [0.15, 0.2) is 94.8 Å². The molecular weight excluding hydrogens is 623 g/mol. The maximum Gasteiger partial charge on any atom is 0.301 e. The van der Waals surface area contributed by atoms with Gasteiger partial charge in [0.15, 0.2) is 15.8 Å². The molecule has 0 spiro atoms. The number of ketones is 1. The van der Waals surface area contributed by atoms with E-state index in [2.05, 4.69) is 34.5 Å². The monoisotopic (exact) mass is 651 g/mol. The second-order valence-corrected chi connectivity index (χ2v) is 12.9. The lowest BCUT2D eigenvalue weighted by molar-refractivity contribution is -0.132. The molecule has 1 atom stereocenters. The number of benzene rings is 4. The summed E-state index contributed by atoms with van der Waals surface area (Å²) in [7, 11) is 0. The number of aromatic nitrogens is 2. The topological polar surface area (TPSA) is 111 Å². The van der Waals surface area contributed by atoms with Crippen molar-refractivity contribution in [1.29, 1.82) is 0 Å². The second kappa shape index (κ2) is 12.9. The highest BCUT2D eigenvalue weighted by Gasteiger charge is 2.48. The summed E-state index contributed by atoms with van der Waals surface area (Å²) in [5.74, 6) is 0.295. The Balaban J connectivity index is 1.26. The van der Waals surface area contributed by atoms with E-state index >= 15 is 0 Å². The number of fused-ring (bicyclic) bond motifs is 2. The number of amides is 1. The predicted molar refractivity (Wildman–Crippen MR) is 178 cm³/mol. The molecule has 46 heavy (non-hydrogen) atoms. The van der Waals surface area contributed by atoms with Gasteiger partial charge < -0.3 is 19.3 Å². The zero-order valence-electron chi connectivity index (χ0n) is 24.8. The molecule has 1 aromatic heterocycles. The van der Waals surface area contributed by atoms with Gasteiger partial charge >= 0.3 is 5.91 Å². The van der Waals surface area contributed by atoms with Gasteiger partial charge in [-0.15, -0.1) is 10.2 Å². The number of anilines is 1. The minimum atomic E-state index is -0.970. The summed E-state index contributed by atoms with van der Waals surface area (Å²) >= 11 is 2.74. The molecule has 232 valence electrons. The third-order valence-electron chi connectivity index (χ3n) is 7.74. The first-order valence-electron chi connectivity index (χ1n) is 14.9. The molecule has 0 unspecified atom stereocenters. The molecule has 0 saturated carbocycles. The Labute approximate surface area is 273 Å². The van der Waals surface area contributed by atoms with Gasteiger partial charge in [0, 0.05) is 11.3 Å². The highest BCUT2D eigenvalue weighted by molar-refractivity contribution is 8.00. The Morgan fingerprint density at radius 3 is 2.65 bits per heavy atom. The van der Waals surface area contributed by atoms with Gasteiger partial charge in [0.05, 0.1) is 18.2 Å². The molecule has 2 aliphatic heterocycles. The molecule has 1 N–H and O–H groups in total. The van der Waals surface area contributed by atoms with Crippen LogP contribution in [0.3, 0.4) is 0 Å². The number of aliphatic hydroxyl groups is 1. The molecule has 2 aliphatic rings. The number of hydrogen-bond donors (Lipinski definition) is 1. The fraction of sp³-hybridized carbons (Fsp3) is 0.200. The molecule has 0 bridgehead atoms. The highest BCUT2D eigenvalue weighted by atomic mass is 32.2. The van der Waals surface area contributed by atoms with E-state index in [0.717, 1.165) is 22.8 Å². The van der Waals surface area contributed by atoms with Crippen LogP contribution in [0.25, 0.3) is 16.5 Å². The van der Waals surface area contributed by atoms with E-state index < -0.39 is 17.7 Å². The molecule has 3 heterocycles. The molecule has 7 rings (SSSR count). The summed E-state index contributed by atoms with van der Waals surface area (Å²) in [5, 5.41) is 22.9. The third kappa shape index (κ3) is 5.67. The second-order valence-electron chi connectivity index (χ2n) is 10.7. The third-order valence-corrected chi connectivity index (χ3v) is 9.84. The lowest BCUT2D eigenvalue weighted by Crippen LogP contribution is -2.29. The van der Waals surface area contributed by atoms with Crippen LogP contribution in [0.5, 0.6) is 17.2 Å². The van der Waals surface area contributed by atoms with E-state index in [0.29, 0.717) is 58.3 Å². The van der Waals surface area contributed by atoms with Gasteiger partial charge in [-0.3, -0.25) is 14.5 Å². The molecule has 1 saturated heterocycles. The average molecular weight is 652 g/mol. The van der Waals surface area contributed by atoms with Crippen LogP contribution in [-0.4, -0.2) is 46.8 Å². The SMILES string of the molecule is CCCOc1cccc([C@H]2C(=C(O)c3ccc4c(c3)OCCO4)C(=O)C(=O)N2c2nnc(SCc3cccc4ccccc34)s2)c1. The molecule has 0 aliphatic carbocycles. The number of ether oxygens (including phenoxy) is 3. The van der Waals surface area contributed by atoms with E-state index in [9.17, 15) is 14.7 Å². The summed E-state index contributed by atoms with van der Waals surface area (Å²) in [4.78, 5) is 28.8. The number of carbonyl (C=O) groups excluding carboxylic acids is 2. The van der Waals surface area contributed by atoms with Crippen LogP contribution in [0.1, 0.15) is 36.1 Å². The summed E-state index contributed by atoms with van der Waals surface area (Å²) < 4.78 is 17.9. The Kier molecular flexibility index (Phi) is 8.33. The van der Waals surface area contributed by atoms with Crippen molar-refractivity contribution in [2.24, 2.45) is 0 Å². The summed E-state index contributed by atoms with van der Waals surface area (Å²) in [5.41, 5.74) is 2.01. The molecule has 0 radical (unpaired) electrons. The van der Waals surface area contributed by atoms with Crippen LogP contribution < -0.4 is 19.1 Å². The molecule has 1 amide bonds. The highest BCUT2D eigenvalue weighted by Crippen LogP contribution is 2.45. The maximum absolute atomic E-state index is 13.7. The van der Waals surface area contributed by atoms with Gasteiger partial charge in [-0.25, -0.2) is 0 Å². The van der Waals surface area contributed by atoms with Crippen LogP contribution in [0.4, 0.5) is 5.13 Å². The van der Waals surface area contributed by atoms with E-state index in [4.69, 9.17) is 14.2 Å². The maximum atomic E-state index is 13.7. The first-order chi connectivity index (χ1) is 22.5. The van der Waals surface area contributed by atoms with Crippen molar-refractivity contribution < 1.29 is 28.9 Å². The number of rotatable bonds is 9. The van der Waals surface area contributed by atoms with Crippen LogP contribution in [0, 0.1) is 0 Å². The molecule has 5 aromatic rings. The van der Waals surface area contributed by atoms with E-state index in [-0.39, 0.29) is 16.5 Å². The van der Waals surface area contributed by atoms with E-state index in [1.165, 1.54) is 28.0 Å². The van der Waals surface area contributed by atoms with Crippen molar-refractivity contribution in [1.82, 2.24) is 10.2 Å². The van der Waals surface area contributed by atoms with Crippen molar-refractivity contribution >= 4 is 56.5 Å². The van der Waals surface area contributed by atoms with Gasteiger partial charge in [0.2, 0.25) is 5.13 Å². The fourth-order valence-electron chi connectivity index (χ4n) is 5.60. The minimum Gasteiger partial charge on any atom is -0.507 e. The number of hydrogen-bond acceptors (Lipinski definition) is 10. The van der Waals surface area contributed by atoms with Gasteiger partial charge in [0.25, 0.3) is 5.78 Å². The molecular formula is C35H29N3O6S2. The van der Waals surface area contributed by atoms with Gasteiger partial charge in [-0.2, -0.15) is 0 Å². The first kappa shape index (κ1) is 29.8. The quantitative estimate of drug-likeness (QED) is 0.0583. The Hall–Kier alpha value is -4.87. The number of Topliss-reactive ketones (excluding diaryl/α,β-unsaturated/α-hetero) is 1. The Bertz CT molecular complexity index is 1990. The summed E-state index contributed by atoms with van der Waals surface area (Å²) in [6, 6.07) is 25.6. The number of nitrogens with zero attached hydrogens (tertiary/aromatic N) is 3. The average Bonchev–Trinajstić information content (AvgIpc) is 3.67. The fourth-order valence-corrected chi connectivity index (χ4v) is 7.47. The van der Waals surface area contributed by atoms with E-state index in [1.807, 2.05) is 31.2 Å². The van der Waals surface area contributed by atoms with Crippen molar-refractivity contribution in [3.63, 3.8) is 0 Å². The molecule has 9 nitrogen and oxygen atoms in total. The lowest BCUT2D eigenvalue weighted by Gasteiger charge is -2.23. The molecule has 4 aromatic carbocycles. The number of thioether (sulfide) groups is 1. The number of carbonyl (C=O) groups is 2. The van der Waals surface area contributed by atoms with Crippen molar-refractivity contribution in [3.05, 3.63) is 107 Å².